The van der Waals surface area contributed by atoms with Crippen LogP contribution in [0, 0.1) is 5.41 Å². The fourth-order valence-electron chi connectivity index (χ4n) is 3.71. The molecule has 0 saturated carbocycles. The Balaban J connectivity index is 1.64. The van der Waals surface area contributed by atoms with Crippen LogP contribution in [0.4, 0.5) is 0 Å². The number of hydrogen-bond acceptors (Lipinski definition) is 4. The maximum absolute atomic E-state index is 5.21. The summed E-state index contributed by atoms with van der Waals surface area (Å²) in [6.07, 6.45) is 5.39. The number of piperidine rings is 2. The molecule has 4 heteroatoms. The van der Waals surface area contributed by atoms with Crippen LogP contribution in [-0.4, -0.2) is 43.2 Å². The molecule has 1 spiro atoms. The quantitative estimate of drug-likeness (QED) is 0.916. The molecule has 20 heavy (non-hydrogen) atoms. The lowest BCUT2D eigenvalue weighted by molar-refractivity contribution is 0.0592. The summed E-state index contributed by atoms with van der Waals surface area (Å²) in [6.45, 7) is 5.73. The first-order valence-electron chi connectivity index (χ1n) is 7.73. The molecular formula is C16H25N3O. The van der Waals surface area contributed by atoms with E-state index in [1.54, 1.807) is 7.11 Å². The molecule has 2 aliphatic rings. The molecule has 0 bridgehead atoms. The minimum atomic E-state index is 0.509. The number of rotatable bonds is 3. The Morgan fingerprint density at radius 3 is 3.05 bits per heavy atom. The first-order chi connectivity index (χ1) is 9.80. The van der Waals surface area contributed by atoms with Gasteiger partial charge in [0.25, 0.3) is 0 Å². The highest BCUT2D eigenvalue weighted by Gasteiger charge is 2.36. The van der Waals surface area contributed by atoms with E-state index in [1.165, 1.54) is 51.9 Å². The van der Waals surface area contributed by atoms with Gasteiger partial charge in [0, 0.05) is 25.7 Å². The number of pyridine rings is 1. The molecule has 4 nitrogen and oxygen atoms in total. The van der Waals surface area contributed by atoms with Crippen LogP contribution in [0.25, 0.3) is 0 Å². The largest absolute Gasteiger partial charge is 0.481 e. The van der Waals surface area contributed by atoms with Crippen LogP contribution in [0.5, 0.6) is 5.88 Å². The number of methoxy groups -OCH3 is 1. The third-order valence-corrected chi connectivity index (χ3v) is 4.68. The predicted octanol–water partition coefficient (Wildman–Crippen LogP) is 2.06. The maximum atomic E-state index is 5.21. The Kier molecular flexibility index (Phi) is 4.22. The van der Waals surface area contributed by atoms with Crippen molar-refractivity contribution < 1.29 is 4.74 Å². The lowest BCUT2D eigenvalue weighted by atomic mass is 9.74. The van der Waals surface area contributed by atoms with Crippen molar-refractivity contribution in [1.29, 1.82) is 0 Å². The Morgan fingerprint density at radius 2 is 2.25 bits per heavy atom. The van der Waals surface area contributed by atoms with Crippen LogP contribution in [0.15, 0.2) is 18.2 Å². The number of ether oxygens (including phenoxy) is 1. The van der Waals surface area contributed by atoms with Crippen molar-refractivity contribution in [3.63, 3.8) is 0 Å². The summed E-state index contributed by atoms with van der Waals surface area (Å²) < 4.78 is 5.21. The van der Waals surface area contributed by atoms with Gasteiger partial charge in [-0.05, 0) is 50.3 Å². The Labute approximate surface area is 121 Å². The summed E-state index contributed by atoms with van der Waals surface area (Å²) in [5.41, 5.74) is 1.63. The molecule has 1 atom stereocenters. The average Bonchev–Trinajstić information content (AvgIpc) is 2.48. The monoisotopic (exact) mass is 275 g/mol. The molecule has 0 amide bonds. The van der Waals surface area contributed by atoms with Gasteiger partial charge in [-0.15, -0.1) is 0 Å². The van der Waals surface area contributed by atoms with Crippen molar-refractivity contribution in [1.82, 2.24) is 15.2 Å². The fourth-order valence-corrected chi connectivity index (χ4v) is 3.71. The van der Waals surface area contributed by atoms with Crippen molar-refractivity contribution in [2.45, 2.75) is 32.2 Å². The van der Waals surface area contributed by atoms with Crippen LogP contribution >= 0.6 is 0 Å². The van der Waals surface area contributed by atoms with Crippen LogP contribution < -0.4 is 10.1 Å². The van der Waals surface area contributed by atoms with Crippen molar-refractivity contribution in [2.24, 2.45) is 5.41 Å². The van der Waals surface area contributed by atoms with Crippen LogP contribution in [0.3, 0.4) is 0 Å². The summed E-state index contributed by atoms with van der Waals surface area (Å²) in [5.74, 6) is 0.716. The van der Waals surface area contributed by atoms with E-state index in [1.807, 2.05) is 12.1 Å². The maximum Gasteiger partial charge on any atom is 0.213 e. The number of nitrogens with one attached hydrogen (secondary N) is 1. The van der Waals surface area contributed by atoms with Gasteiger partial charge in [-0.25, -0.2) is 4.98 Å². The van der Waals surface area contributed by atoms with Gasteiger partial charge in [-0.3, -0.25) is 4.90 Å². The number of aromatic nitrogens is 1. The summed E-state index contributed by atoms with van der Waals surface area (Å²) in [5, 5.41) is 3.59. The van der Waals surface area contributed by atoms with Gasteiger partial charge >= 0.3 is 0 Å². The fraction of sp³-hybridized carbons (Fsp3) is 0.688. The van der Waals surface area contributed by atoms with E-state index >= 15 is 0 Å². The molecule has 3 heterocycles. The van der Waals surface area contributed by atoms with E-state index in [0.29, 0.717) is 11.3 Å². The van der Waals surface area contributed by atoms with Crippen LogP contribution in [0.2, 0.25) is 0 Å². The summed E-state index contributed by atoms with van der Waals surface area (Å²) >= 11 is 0. The van der Waals surface area contributed by atoms with E-state index in [-0.39, 0.29) is 0 Å². The number of hydrogen-bond donors (Lipinski definition) is 1. The number of nitrogens with zero attached hydrogens (tertiary/aromatic N) is 2. The average molecular weight is 275 g/mol. The molecule has 1 unspecified atom stereocenters. The summed E-state index contributed by atoms with van der Waals surface area (Å²) in [7, 11) is 1.68. The third-order valence-electron chi connectivity index (χ3n) is 4.68. The van der Waals surface area contributed by atoms with Gasteiger partial charge in [0.1, 0.15) is 0 Å². The van der Waals surface area contributed by atoms with E-state index in [2.05, 4.69) is 21.3 Å². The molecule has 0 aliphatic carbocycles. The normalized spacial score (nSPS) is 27.6. The van der Waals surface area contributed by atoms with Crippen molar-refractivity contribution in [3.05, 3.63) is 23.9 Å². The zero-order chi connectivity index (χ0) is 13.8. The topological polar surface area (TPSA) is 37.4 Å². The molecule has 110 valence electrons. The van der Waals surface area contributed by atoms with Gasteiger partial charge < -0.3 is 10.1 Å². The van der Waals surface area contributed by atoms with Crippen LogP contribution in [0.1, 0.15) is 31.4 Å². The standard InChI is InChI=1S/C16H25N3O/c1-20-15-6-2-5-14(18-15)11-19-10-4-8-16(13-19)7-3-9-17-12-16/h2,5-6,17H,3-4,7-13H2,1H3. The summed E-state index contributed by atoms with van der Waals surface area (Å²) in [4.78, 5) is 7.11. The highest BCUT2D eigenvalue weighted by molar-refractivity contribution is 5.15. The first kappa shape index (κ1) is 13.8. The lowest BCUT2D eigenvalue weighted by Gasteiger charge is -2.45. The van der Waals surface area contributed by atoms with Gasteiger partial charge in [0.15, 0.2) is 0 Å². The second kappa shape index (κ2) is 6.10. The third kappa shape index (κ3) is 3.13. The van der Waals surface area contributed by atoms with Crippen molar-refractivity contribution >= 4 is 0 Å². The molecule has 2 aliphatic heterocycles. The Morgan fingerprint density at radius 1 is 1.35 bits per heavy atom. The minimum absolute atomic E-state index is 0.509. The molecule has 0 aromatic carbocycles. The van der Waals surface area contributed by atoms with Gasteiger partial charge in [-0.2, -0.15) is 0 Å². The van der Waals surface area contributed by atoms with E-state index in [4.69, 9.17) is 4.74 Å². The van der Waals surface area contributed by atoms with E-state index in [0.717, 1.165) is 12.2 Å². The highest BCUT2D eigenvalue weighted by atomic mass is 16.5. The molecule has 1 aromatic rings. The van der Waals surface area contributed by atoms with Crippen LogP contribution in [-0.2, 0) is 6.54 Å². The predicted molar refractivity (Wildman–Crippen MR) is 79.8 cm³/mol. The Hall–Kier alpha value is -1.13. The van der Waals surface area contributed by atoms with Crippen molar-refractivity contribution in [3.8, 4) is 5.88 Å². The zero-order valence-electron chi connectivity index (χ0n) is 12.4. The molecule has 1 aromatic heterocycles. The molecular weight excluding hydrogens is 250 g/mol. The lowest BCUT2D eigenvalue weighted by Crippen LogP contribution is -2.50. The molecule has 2 fully saturated rings. The molecule has 2 saturated heterocycles. The molecule has 3 rings (SSSR count). The smallest absolute Gasteiger partial charge is 0.213 e. The van der Waals surface area contributed by atoms with Gasteiger partial charge in [-0.1, -0.05) is 6.07 Å². The second-order valence-corrected chi connectivity index (χ2v) is 6.27. The molecule has 0 radical (unpaired) electrons. The Bertz CT molecular complexity index is 438. The second-order valence-electron chi connectivity index (χ2n) is 6.27. The summed E-state index contributed by atoms with van der Waals surface area (Å²) in [6, 6.07) is 6.04. The highest BCUT2D eigenvalue weighted by Crippen LogP contribution is 2.36. The van der Waals surface area contributed by atoms with E-state index in [9.17, 15) is 0 Å². The zero-order valence-corrected chi connectivity index (χ0v) is 12.4. The molecule has 1 N–H and O–H groups in total. The SMILES string of the molecule is COc1cccc(CN2CCCC3(CCCNC3)C2)n1. The van der Waals surface area contributed by atoms with Gasteiger partial charge in [0.2, 0.25) is 5.88 Å². The van der Waals surface area contributed by atoms with Gasteiger partial charge in [0.05, 0.1) is 12.8 Å². The number of likely N-dealkylation sites (tertiary alicyclic amines) is 1. The minimum Gasteiger partial charge on any atom is -0.481 e. The first-order valence-corrected chi connectivity index (χ1v) is 7.73. The van der Waals surface area contributed by atoms with Crippen molar-refractivity contribution in [2.75, 3.05) is 33.3 Å². The van der Waals surface area contributed by atoms with E-state index < -0.39 is 0 Å².